The molecule has 6 heteroatoms. The molecule has 2 aromatic carbocycles. The van der Waals surface area contributed by atoms with Crippen LogP contribution in [-0.2, 0) is 6.42 Å². The van der Waals surface area contributed by atoms with Crippen molar-refractivity contribution in [3.63, 3.8) is 0 Å². The van der Waals surface area contributed by atoms with Crippen molar-refractivity contribution in [2.45, 2.75) is 26.3 Å². The lowest BCUT2D eigenvalue weighted by molar-refractivity contribution is 0.102. The van der Waals surface area contributed by atoms with E-state index >= 15 is 0 Å². The number of hydrogen-bond acceptors (Lipinski definition) is 4. The van der Waals surface area contributed by atoms with Crippen molar-refractivity contribution in [3.05, 3.63) is 82.9 Å². The Balaban J connectivity index is 1.60. The Hall–Kier alpha value is -2.92. The molecule has 0 radical (unpaired) electrons. The van der Waals surface area contributed by atoms with Gasteiger partial charge in [0.2, 0.25) is 0 Å². The second-order valence-corrected chi connectivity index (χ2v) is 8.15. The fourth-order valence-corrected chi connectivity index (χ4v) is 3.93. The van der Waals surface area contributed by atoms with Crippen LogP contribution in [0.1, 0.15) is 41.5 Å². The van der Waals surface area contributed by atoms with Crippen LogP contribution in [-0.4, -0.2) is 15.9 Å². The number of halogens is 1. The molecule has 28 heavy (non-hydrogen) atoms. The number of hydrogen-bond donors (Lipinski definition) is 2. The summed E-state index contributed by atoms with van der Waals surface area (Å²) < 4.78 is 0. The van der Waals surface area contributed by atoms with E-state index in [4.69, 9.17) is 11.6 Å². The number of carbonyl (C=O) groups excluding carboxylic acids is 1. The molecule has 0 spiro atoms. The number of aromatic nitrogens is 2. The van der Waals surface area contributed by atoms with E-state index in [0.29, 0.717) is 0 Å². The molecular formula is C22H21ClN4O. The first-order chi connectivity index (χ1) is 13.4. The van der Waals surface area contributed by atoms with Crippen LogP contribution in [0.5, 0.6) is 0 Å². The third-order valence-electron chi connectivity index (χ3n) is 5.07. The van der Waals surface area contributed by atoms with E-state index in [1.165, 1.54) is 18.0 Å². The molecule has 1 amide bonds. The van der Waals surface area contributed by atoms with Gasteiger partial charge in [0.25, 0.3) is 5.91 Å². The second-order valence-electron chi connectivity index (χ2n) is 7.71. The summed E-state index contributed by atoms with van der Waals surface area (Å²) in [5.41, 5.74) is 4.43. The predicted octanol–water partition coefficient (Wildman–Crippen LogP) is 5.12. The fraction of sp³-hybridized carbons (Fsp3) is 0.227. The molecule has 0 saturated heterocycles. The molecule has 2 N–H and O–H groups in total. The lowest BCUT2D eigenvalue weighted by Crippen LogP contribution is -2.35. The minimum atomic E-state index is -0.277. The highest BCUT2D eigenvalue weighted by Crippen LogP contribution is 2.45. The minimum absolute atomic E-state index is 0.0226. The largest absolute Gasteiger partial charge is 0.377 e. The standard InChI is InChI=1S/C22H21ClN4O/c1-22(2)12-15-10-16(23)6-7-18(15)27-20(22)14-4-3-5-17(11-14)26-21(28)19-13-24-8-9-25-19/h3-11,13,20,27H,12H2,1-2H3,(H,26,28). The molecule has 0 fully saturated rings. The van der Waals surface area contributed by atoms with Gasteiger partial charge in [-0.25, -0.2) is 4.98 Å². The van der Waals surface area contributed by atoms with Gasteiger partial charge in [-0.2, -0.15) is 0 Å². The normalized spacial score (nSPS) is 17.3. The Morgan fingerprint density at radius 3 is 2.86 bits per heavy atom. The number of benzene rings is 2. The van der Waals surface area contributed by atoms with Crippen molar-refractivity contribution in [2.24, 2.45) is 5.41 Å². The average molecular weight is 393 g/mol. The van der Waals surface area contributed by atoms with E-state index in [1.54, 1.807) is 6.20 Å². The molecular weight excluding hydrogens is 372 g/mol. The zero-order chi connectivity index (χ0) is 19.7. The third-order valence-corrected chi connectivity index (χ3v) is 5.30. The molecule has 1 unspecified atom stereocenters. The van der Waals surface area contributed by atoms with Crippen LogP contribution < -0.4 is 10.6 Å². The Kier molecular flexibility index (Phi) is 4.77. The summed E-state index contributed by atoms with van der Waals surface area (Å²) in [6, 6.07) is 14.0. The minimum Gasteiger partial charge on any atom is -0.377 e. The van der Waals surface area contributed by atoms with Gasteiger partial charge < -0.3 is 10.6 Å². The molecule has 1 aliphatic heterocycles. The van der Waals surface area contributed by atoms with Crippen molar-refractivity contribution >= 4 is 28.9 Å². The van der Waals surface area contributed by atoms with Gasteiger partial charge in [-0.1, -0.05) is 37.6 Å². The molecule has 1 atom stereocenters. The molecule has 142 valence electrons. The van der Waals surface area contributed by atoms with Crippen molar-refractivity contribution in [3.8, 4) is 0 Å². The number of rotatable bonds is 3. The molecule has 0 aliphatic carbocycles. The van der Waals surface area contributed by atoms with E-state index in [-0.39, 0.29) is 23.1 Å². The average Bonchev–Trinajstić information content (AvgIpc) is 2.67. The monoisotopic (exact) mass is 392 g/mol. The van der Waals surface area contributed by atoms with Gasteiger partial charge in [0.05, 0.1) is 12.2 Å². The zero-order valence-corrected chi connectivity index (χ0v) is 16.5. The summed E-state index contributed by atoms with van der Waals surface area (Å²) in [7, 11) is 0. The molecule has 1 aromatic heterocycles. The van der Waals surface area contributed by atoms with Gasteiger partial charge in [0.15, 0.2) is 0 Å². The Morgan fingerprint density at radius 2 is 2.07 bits per heavy atom. The SMILES string of the molecule is CC1(C)Cc2cc(Cl)ccc2NC1c1cccc(NC(=O)c2cnccn2)c1. The third kappa shape index (κ3) is 3.71. The Morgan fingerprint density at radius 1 is 1.21 bits per heavy atom. The molecule has 0 saturated carbocycles. The van der Waals surface area contributed by atoms with Crippen LogP contribution in [0.4, 0.5) is 11.4 Å². The van der Waals surface area contributed by atoms with Crippen LogP contribution in [0.15, 0.2) is 61.1 Å². The number of anilines is 2. The number of fused-ring (bicyclic) bond motifs is 1. The molecule has 0 bridgehead atoms. The summed E-state index contributed by atoms with van der Waals surface area (Å²) in [6.07, 6.45) is 5.41. The Labute approximate surface area is 169 Å². The van der Waals surface area contributed by atoms with Crippen LogP contribution >= 0.6 is 11.6 Å². The zero-order valence-electron chi connectivity index (χ0n) is 15.7. The number of nitrogens with one attached hydrogen (secondary N) is 2. The van der Waals surface area contributed by atoms with Gasteiger partial charge in [-0.15, -0.1) is 0 Å². The maximum Gasteiger partial charge on any atom is 0.275 e. The lowest BCUT2D eigenvalue weighted by atomic mass is 9.73. The van der Waals surface area contributed by atoms with E-state index in [2.05, 4.69) is 40.5 Å². The predicted molar refractivity (Wildman–Crippen MR) is 112 cm³/mol. The molecule has 4 rings (SSSR count). The number of amides is 1. The summed E-state index contributed by atoms with van der Waals surface area (Å²) in [6.45, 7) is 4.47. The van der Waals surface area contributed by atoms with Crippen LogP contribution in [0.2, 0.25) is 5.02 Å². The van der Waals surface area contributed by atoms with Gasteiger partial charge in [0.1, 0.15) is 5.69 Å². The molecule has 5 nitrogen and oxygen atoms in total. The van der Waals surface area contributed by atoms with E-state index in [0.717, 1.165) is 28.4 Å². The first-order valence-corrected chi connectivity index (χ1v) is 9.52. The maximum absolute atomic E-state index is 12.4. The van der Waals surface area contributed by atoms with Crippen molar-refractivity contribution < 1.29 is 4.79 Å². The quantitative estimate of drug-likeness (QED) is 0.649. The summed E-state index contributed by atoms with van der Waals surface area (Å²) in [5.74, 6) is -0.277. The first-order valence-electron chi connectivity index (χ1n) is 9.15. The summed E-state index contributed by atoms with van der Waals surface area (Å²) in [5, 5.41) is 7.31. The summed E-state index contributed by atoms with van der Waals surface area (Å²) >= 11 is 6.17. The van der Waals surface area contributed by atoms with Gasteiger partial charge in [-0.3, -0.25) is 9.78 Å². The summed E-state index contributed by atoms with van der Waals surface area (Å²) in [4.78, 5) is 20.4. The van der Waals surface area contributed by atoms with Gasteiger partial charge >= 0.3 is 0 Å². The highest BCUT2D eigenvalue weighted by Gasteiger charge is 2.36. The Bertz CT molecular complexity index is 1020. The van der Waals surface area contributed by atoms with Gasteiger partial charge in [0, 0.05) is 28.8 Å². The lowest BCUT2D eigenvalue weighted by Gasteiger charge is -2.41. The van der Waals surface area contributed by atoms with E-state index in [1.807, 2.05) is 36.4 Å². The number of nitrogens with zero attached hydrogens (tertiary/aromatic N) is 2. The van der Waals surface area contributed by atoms with Gasteiger partial charge in [-0.05, 0) is 53.3 Å². The van der Waals surface area contributed by atoms with E-state index < -0.39 is 0 Å². The fourth-order valence-electron chi connectivity index (χ4n) is 3.74. The van der Waals surface area contributed by atoms with Crippen molar-refractivity contribution in [1.82, 2.24) is 9.97 Å². The van der Waals surface area contributed by atoms with E-state index in [9.17, 15) is 4.79 Å². The van der Waals surface area contributed by atoms with Crippen LogP contribution in [0.3, 0.4) is 0 Å². The van der Waals surface area contributed by atoms with Crippen LogP contribution in [0, 0.1) is 5.41 Å². The van der Waals surface area contributed by atoms with Crippen molar-refractivity contribution in [1.29, 1.82) is 0 Å². The van der Waals surface area contributed by atoms with Crippen LogP contribution in [0.25, 0.3) is 0 Å². The smallest absolute Gasteiger partial charge is 0.275 e. The molecule has 3 aromatic rings. The highest BCUT2D eigenvalue weighted by atomic mass is 35.5. The maximum atomic E-state index is 12.4. The molecule has 2 heterocycles. The topological polar surface area (TPSA) is 66.9 Å². The van der Waals surface area contributed by atoms with Crippen molar-refractivity contribution in [2.75, 3.05) is 10.6 Å². The second kappa shape index (κ2) is 7.24. The molecule has 1 aliphatic rings. The highest BCUT2D eigenvalue weighted by molar-refractivity contribution is 6.30. The number of carbonyl (C=O) groups is 1. The first kappa shape index (κ1) is 18.4.